The fraction of sp³-hybridized carbons (Fsp3) is 0.619. The smallest absolute Gasteiger partial charge is 0.309 e. The van der Waals surface area contributed by atoms with Crippen LogP contribution in [-0.4, -0.2) is 62.7 Å². The molecule has 7 heteroatoms. The van der Waals surface area contributed by atoms with Crippen molar-refractivity contribution in [1.82, 2.24) is 15.5 Å². The summed E-state index contributed by atoms with van der Waals surface area (Å²) in [5.41, 5.74) is 1.08. The molecule has 2 fully saturated rings. The van der Waals surface area contributed by atoms with Crippen molar-refractivity contribution in [2.24, 2.45) is 0 Å². The van der Waals surface area contributed by atoms with Crippen LogP contribution in [0.4, 0.5) is 0 Å². The van der Waals surface area contributed by atoms with Crippen LogP contribution in [-0.2, 0) is 14.3 Å². The summed E-state index contributed by atoms with van der Waals surface area (Å²) in [4.78, 5) is 26.9. The Morgan fingerprint density at radius 1 is 1.11 bits per heavy atom. The van der Waals surface area contributed by atoms with E-state index in [2.05, 4.69) is 15.5 Å². The molecule has 1 saturated heterocycles. The van der Waals surface area contributed by atoms with Gasteiger partial charge in [-0.25, -0.2) is 0 Å². The molecule has 0 unspecified atom stereocenters. The molecule has 1 aliphatic heterocycles. The number of morpholine rings is 1. The van der Waals surface area contributed by atoms with Gasteiger partial charge in [0, 0.05) is 25.7 Å². The first-order chi connectivity index (χ1) is 13.7. The van der Waals surface area contributed by atoms with Crippen LogP contribution in [0.25, 0.3) is 0 Å². The number of hydrogen-bond acceptors (Lipinski definition) is 5. The first-order valence-corrected chi connectivity index (χ1v) is 10.2. The first-order valence-electron chi connectivity index (χ1n) is 10.2. The lowest BCUT2D eigenvalue weighted by molar-refractivity contribution is -0.140. The fourth-order valence-electron chi connectivity index (χ4n) is 3.94. The van der Waals surface area contributed by atoms with Gasteiger partial charge in [0.1, 0.15) is 5.75 Å². The molecule has 0 aromatic heterocycles. The molecule has 1 atom stereocenters. The van der Waals surface area contributed by atoms with Gasteiger partial charge < -0.3 is 20.1 Å². The minimum atomic E-state index is -0.558. The van der Waals surface area contributed by atoms with E-state index in [1.807, 2.05) is 24.3 Å². The number of carbonyl (C=O) groups excluding carboxylic acids is 2. The Balaban J connectivity index is 1.59. The van der Waals surface area contributed by atoms with Crippen molar-refractivity contribution in [3.63, 3.8) is 0 Å². The van der Waals surface area contributed by atoms with Crippen LogP contribution in [0.2, 0.25) is 0 Å². The summed E-state index contributed by atoms with van der Waals surface area (Å²) in [5.74, 6) is -0.292. The molecular weight excluding hydrogens is 358 g/mol. The molecule has 1 saturated carbocycles. The summed E-state index contributed by atoms with van der Waals surface area (Å²) in [6.45, 7) is 3.30. The van der Waals surface area contributed by atoms with Crippen molar-refractivity contribution in [2.45, 2.75) is 44.2 Å². The molecule has 1 heterocycles. The van der Waals surface area contributed by atoms with Gasteiger partial charge >= 0.3 is 11.8 Å². The van der Waals surface area contributed by atoms with Crippen LogP contribution in [0.3, 0.4) is 0 Å². The molecule has 0 spiro atoms. The summed E-state index contributed by atoms with van der Waals surface area (Å²) in [6.07, 6.45) is 5.36. The summed E-state index contributed by atoms with van der Waals surface area (Å²) < 4.78 is 10.7. The molecule has 0 radical (unpaired) electrons. The Bertz CT molecular complexity index is 638. The summed E-state index contributed by atoms with van der Waals surface area (Å²) >= 11 is 0. The molecule has 3 rings (SSSR count). The predicted molar refractivity (Wildman–Crippen MR) is 106 cm³/mol. The van der Waals surface area contributed by atoms with Crippen molar-refractivity contribution >= 4 is 11.8 Å². The Labute approximate surface area is 166 Å². The van der Waals surface area contributed by atoms with Gasteiger partial charge in [-0.3, -0.25) is 14.5 Å². The normalized spacial score (nSPS) is 19.6. The van der Waals surface area contributed by atoms with Crippen LogP contribution in [0.5, 0.6) is 5.75 Å². The zero-order valence-electron chi connectivity index (χ0n) is 16.6. The number of hydrogen-bond donors (Lipinski definition) is 2. The summed E-state index contributed by atoms with van der Waals surface area (Å²) in [7, 11) is 1.64. The van der Waals surface area contributed by atoms with Gasteiger partial charge in [0.2, 0.25) is 0 Å². The highest BCUT2D eigenvalue weighted by Crippen LogP contribution is 2.23. The maximum Gasteiger partial charge on any atom is 0.309 e. The predicted octanol–water partition coefficient (Wildman–Crippen LogP) is 1.63. The molecular formula is C21H31N3O4. The molecule has 1 aromatic rings. The molecule has 2 N–H and O–H groups in total. The minimum Gasteiger partial charge on any atom is -0.497 e. The average molecular weight is 389 g/mol. The van der Waals surface area contributed by atoms with Crippen LogP contribution < -0.4 is 15.4 Å². The highest BCUT2D eigenvalue weighted by Gasteiger charge is 2.25. The van der Waals surface area contributed by atoms with Gasteiger partial charge in [-0.15, -0.1) is 0 Å². The van der Waals surface area contributed by atoms with E-state index >= 15 is 0 Å². The number of benzene rings is 1. The molecule has 0 bridgehead atoms. The third-order valence-corrected chi connectivity index (χ3v) is 5.59. The van der Waals surface area contributed by atoms with Crippen molar-refractivity contribution in [1.29, 1.82) is 0 Å². The first kappa shape index (κ1) is 20.6. The third kappa shape index (κ3) is 5.69. The Hall–Kier alpha value is -2.12. The zero-order chi connectivity index (χ0) is 19.8. The van der Waals surface area contributed by atoms with Crippen molar-refractivity contribution in [3.8, 4) is 5.75 Å². The number of nitrogens with one attached hydrogen (secondary N) is 2. The molecule has 2 amide bonds. The lowest BCUT2D eigenvalue weighted by Crippen LogP contribution is -2.48. The van der Waals surface area contributed by atoms with Crippen LogP contribution in [0.15, 0.2) is 24.3 Å². The minimum absolute atomic E-state index is 0.0127. The van der Waals surface area contributed by atoms with E-state index in [-0.39, 0.29) is 12.1 Å². The summed E-state index contributed by atoms with van der Waals surface area (Å²) in [6, 6.07) is 7.96. The van der Waals surface area contributed by atoms with E-state index in [4.69, 9.17) is 9.47 Å². The topological polar surface area (TPSA) is 79.9 Å². The standard InChI is InChI=1S/C21H31N3O4/c1-27-18-9-7-16(8-10-18)19(24-11-13-28-14-12-24)15-22-20(25)21(26)23-17-5-3-2-4-6-17/h7-10,17,19H,2-6,11-15H2,1H3,(H,22,25)(H,23,26)/t19-/m0/s1. The van der Waals surface area contributed by atoms with E-state index in [0.717, 1.165) is 50.1 Å². The fourth-order valence-corrected chi connectivity index (χ4v) is 3.94. The molecule has 2 aliphatic rings. The SMILES string of the molecule is COc1ccc([C@H](CNC(=O)C(=O)NC2CCCCC2)N2CCOCC2)cc1. The van der Waals surface area contributed by atoms with Gasteiger partial charge in [-0.05, 0) is 30.5 Å². The molecule has 28 heavy (non-hydrogen) atoms. The highest BCUT2D eigenvalue weighted by molar-refractivity contribution is 6.35. The molecule has 1 aromatic carbocycles. The Morgan fingerprint density at radius 2 is 1.79 bits per heavy atom. The molecule has 7 nitrogen and oxygen atoms in total. The number of nitrogens with zero attached hydrogens (tertiary/aromatic N) is 1. The second-order valence-corrected chi connectivity index (χ2v) is 7.46. The van der Waals surface area contributed by atoms with E-state index in [1.165, 1.54) is 6.42 Å². The van der Waals surface area contributed by atoms with Crippen LogP contribution in [0, 0.1) is 0 Å². The maximum atomic E-state index is 12.3. The van der Waals surface area contributed by atoms with E-state index < -0.39 is 11.8 Å². The molecule has 154 valence electrons. The van der Waals surface area contributed by atoms with E-state index in [0.29, 0.717) is 19.8 Å². The second kappa shape index (κ2) is 10.4. The van der Waals surface area contributed by atoms with Crippen molar-refractivity contribution < 1.29 is 19.1 Å². The van der Waals surface area contributed by atoms with E-state index in [1.54, 1.807) is 7.11 Å². The zero-order valence-corrected chi connectivity index (χ0v) is 16.6. The third-order valence-electron chi connectivity index (χ3n) is 5.59. The lowest BCUT2D eigenvalue weighted by Gasteiger charge is -2.35. The van der Waals surface area contributed by atoms with E-state index in [9.17, 15) is 9.59 Å². The second-order valence-electron chi connectivity index (χ2n) is 7.46. The largest absolute Gasteiger partial charge is 0.497 e. The Morgan fingerprint density at radius 3 is 2.43 bits per heavy atom. The number of methoxy groups -OCH3 is 1. The van der Waals surface area contributed by atoms with Gasteiger partial charge in [-0.1, -0.05) is 31.4 Å². The average Bonchev–Trinajstić information content (AvgIpc) is 2.75. The maximum absolute atomic E-state index is 12.3. The van der Waals surface area contributed by atoms with Gasteiger partial charge in [0.25, 0.3) is 0 Å². The van der Waals surface area contributed by atoms with Crippen molar-refractivity contribution in [3.05, 3.63) is 29.8 Å². The quantitative estimate of drug-likeness (QED) is 0.723. The summed E-state index contributed by atoms with van der Waals surface area (Å²) in [5, 5.41) is 5.71. The van der Waals surface area contributed by atoms with Gasteiger partial charge in [0.15, 0.2) is 0 Å². The van der Waals surface area contributed by atoms with Crippen molar-refractivity contribution in [2.75, 3.05) is 40.0 Å². The number of carbonyl (C=O) groups is 2. The Kier molecular flexibility index (Phi) is 7.68. The number of ether oxygens (including phenoxy) is 2. The molecule has 1 aliphatic carbocycles. The number of amides is 2. The van der Waals surface area contributed by atoms with Crippen LogP contribution in [0.1, 0.15) is 43.7 Å². The van der Waals surface area contributed by atoms with Gasteiger partial charge in [-0.2, -0.15) is 0 Å². The van der Waals surface area contributed by atoms with Gasteiger partial charge in [0.05, 0.1) is 26.4 Å². The highest BCUT2D eigenvalue weighted by atomic mass is 16.5. The number of rotatable bonds is 6. The van der Waals surface area contributed by atoms with Crippen LogP contribution >= 0.6 is 0 Å². The lowest BCUT2D eigenvalue weighted by atomic mass is 9.95. The monoisotopic (exact) mass is 389 g/mol.